The number of nitrogens with zero attached hydrogens (tertiary/aromatic N) is 1. The molecule has 0 radical (unpaired) electrons. The number of amides is 1. The number of piperidine rings is 1. The predicted molar refractivity (Wildman–Crippen MR) is 80.7 cm³/mol. The van der Waals surface area contributed by atoms with Crippen LogP contribution in [-0.2, 0) is 9.53 Å². The Morgan fingerprint density at radius 3 is 2.45 bits per heavy atom. The number of hydrogen-bond acceptors (Lipinski definition) is 3. The van der Waals surface area contributed by atoms with Crippen molar-refractivity contribution in [1.29, 1.82) is 0 Å². The smallest absolute Gasteiger partial charge is 0.225 e. The Kier molecular flexibility index (Phi) is 5.44. The van der Waals surface area contributed by atoms with Crippen molar-refractivity contribution in [3.63, 3.8) is 0 Å². The summed E-state index contributed by atoms with van der Waals surface area (Å²) in [6, 6.07) is 0.284. The summed E-state index contributed by atoms with van der Waals surface area (Å²) in [7, 11) is 1.75. The third-order valence-corrected chi connectivity index (χ3v) is 5.03. The van der Waals surface area contributed by atoms with E-state index in [1.54, 1.807) is 7.11 Å². The molecule has 116 valence electrons. The van der Waals surface area contributed by atoms with Gasteiger partial charge in [0.1, 0.15) is 0 Å². The van der Waals surface area contributed by atoms with Crippen LogP contribution in [0.3, 0.4) is 0 Å². The molecule has 1 N–H and O–H groups in total. The Labute approximate surface area is 123 Å². The summed E-state index contributed by atoms with van der Waals surface area (Å²) >= 11 is 0. The first kappa shape index (κ1) is 15.8. The molecule has 2 aliphatic rings. The summed E-state index contributed by atoms with van der Waals surface area (Å²) in [4.78, 5) is 14.7. The molecule has 0 atom stereocenters. The van der Waals surface area contributed by atoms with Crippen LogP contribution in [0.15, 0.2) is 0 Å². The van der Waals surface area contributed by atoms with Gasteiger partial charge in [-0.15, -0.1) is 0 Å². The van der Waals surface area contributed by atoms with Gasteiger partial charge in [0.2, 0.25) is 5.91 Å². The van der Waals surface area contributed by atoms with Crippen LogP contribution in [0, 0.1) is 5.92 Å². The largest absolute Gasteiger partial charge is 0.378 e. The van der Waals surface area contributed by atoms with Crippen LogP contribution in [0.5, 0.6) is 0 Å². The molecule has 1 saturated heterocycles. The number of methoxy groups -OCH3 is 1. The second-order valence-electron chi connectivity index (χ2n) is 6.75. The monoisotopic (exact) mass is 282 g/mol. The Morgan fingerprint density at radius 1 is 1.35 bits per heavy atom. The SMILES string of the molecule is COC1(CC(=O)N(CC2CCNCC2)C(C)C)CCC1. The van der Waals surface area contributed by atoms with E-state index in [-0.39, 0.29) is 17.6 Å². The lowest BCUT2D eigenvalue weighted by molar-refractivity contribution is -0.146. The molecule has 20 heavy (non-hydrogen) atoms. The van der Waals surface area contributed by atoms with Gasteiger partial charge in [-0.3, -0.25) is 4.79 Å². The number of hydrogen-bond donors (Lipinski definition) is 1. The molecule has 0 aromatic rings. The van der Waals surface area contributed by atoms with Crippen molar-refractivity contribution in [2.45, 2.75) is 64.0 Å². The lowest BCUT2D eigenvalue weighted by Crippen LogP contribution is -2.48. The van der Waals surface area contributed by atoms with Gasteiger partial charge in [0.15, 0.2) is 0 Å². The lowest BCUT2D eigenvalue weighted by Gasteiger charge is -2.42. The Morgan fingerprint density at radius 2 is 2.00 bits per heavy atom. The zero-order valence-corrected chi connectivity index (χ0v) is 13.3. The maximum absolute atomic E-state index is 12.7. The maximum atomic E-state index is 12.7. The van der Waals surface area contributed by atoms with Crippen molar-refractivity contribution in [3.05, 3.63) is 0 Å². The van der Waals surface area contributed by atoms with Crippen LogP contribution in [0.4, 0.5) is 0 Å². The van der Waals surface area contributed by atoms with Crippen molar-refractivity contribution >= 4 is 5.91 Å². The Bertz CT molecular complexity index is 315. The van der Waals surface area contributed by atoms with E-state index in [9.17, 15) is 4.79 Å². The van der Waals surface area contributed by atoms with E-state index in [0.717, 1.165) is 32.5 Å². The normalized spacial score (nSPS) is 22.6. The van der Waals surface area contributed by atoms with Crippen LogP contribution in [0.2, 0.25) is 0 Å². The summed E-state index contributed by atoms with van der Waals surface area (Å²) in [5, 5.41) is 3.39. The molecule has 0 spiro atoms. The minimum Gasteiger partial charge on any atom is -0.378 e. The van der Waals surface area contributed by atoms with E-state index < -0.39 is 0 Å². The van der Waals surface area contributed by atoms with Crippen LogP contribution in [0.25, 0.3) is 0 Å². The van der Waals surface area contributed by atoms with Crippen molar-refractivity contribution in [2.75, 3.05) is 26.7 Å². The minimum absolute atomic E-state index is 0.154. The summed E-state index contributed by atoms with van der Waals surface area (Å²) in [6.45, 7) is 7.34. The van der Waals surface area contributed by atoms with Crippen LogP contribution < -0.4 is 5.32 Å². The first-order valence-corrected chi connectivity index (χ1v) is 8.12. The molecule has 2 rings (SSSR count). The van der Waals surface area contributed by atoms with E-state index in [4.69, 9.17) is 4.74 Å². The standard InChI is InChI=1S/C16H30N2O2/c1-13(2)18(12-14-5-9-17-10-6-14)15(19)11-16(20-3)7-4-8-16/h13-14,17H,4-12H2,1-3H3. The fourth-order valence-corrected chi connectivity index (χ4v) is 3.34. The van der Waals surface area contributed by atoms with Gasteiger partial charge in [-0.1, -0.05) is 0 Å². The summed E-state index contributed by atoms with van der Waals surface area (Å²) in [5.74, 6) is 0.933. The highest BCUT2D eigenvalue weighted by Gasteiger charge is 2.40. The third kappa shape index (κ3) is 3.73. The molecule has 0 unspecified atom stereocenters. The van der Waals surface area contributed by atoms with E-state index in [1.807, 2.05) is 0 Å². The Balaban J connectivity index is 1.91. The van der Waals surface area contributed by atoms with Crippen molar-refractivity contribution in [3.8, 4) is 0 Å². The number of ether oxygens (including phenoxy) is 1. The van der Waals surface area contributed by atoms with Crippen molar-refractivity contribution in [1.82, 2.24) is 10.2 Å². The molecule has 1 aliphatic heterocycles. The van der Waals surface area contributed by atoms with Crippen molar-refractivity contribution < 1.29 is 9.53 Å². The van der Waals surface area contributed by atoms with Gasteiger partial charge in [-0.2, -0.15) is 0 Å². The second kappa shape index (κ2) is 6.90. The third-order valence-electron chi connectivity index (χ3n) is 5.03. The fourth-order valence-electron chi connectivity index (χ4n) is 3.34. The number of carbonyl (C=O) groups is 1. The van der Waals surface area contributed by atoms with E-state index in [2.05, 4.69) is 24.1 Å². The molecule has 1 aliphatic carbocycles. The van der Waals surface area contributed by atoms with Gasteiger partial charge in [-0.25, -0.2) is 0 Å². The van der Waals surface area contributed by atoms with Gasteiger partial charge in [-0.05, 0) is 65.0 Å². The van der Waals surface area contributed by atoms with Gasteiger partial charge in [0.05, 0.1) is 12.0 Å². The molecule has 4 heteroatoms. The van der Waals surface area contributed by atoms with Gasteiger partial charge < -0.3 is 15.0 Å². The van der Waals surface area contributed by atoms with E-state index in [1.165, 1.54) is 19.3 Å². The van der Waals surface area contributed by atoms with Crippen LogP contribution in [-0.4, -0.2) is 49.2 Å². The number of rotatable bonds is 6. The molecule has 1 amide bonds. The van der Waals surface area contributed by atoms with Crippen molar-refractivity contribution in [2.24, 2.45) is 5.92 Å². The Hall–Kier alpha value is -0.610. The zero-order valence-electron chi connectivity index (χ0n) is 13.3. The maximum Gasteiger partial charge on any atom is 0.225 e. The average molecular weight is 282 g/mol. The zero-order chi connectivity index (χ0) is 14.6. The number of nitrogens with one attached hydrogen (secondary N) is 1. The average Bonchev–Trinajstić information content (AvgIpc) is 2.41. The highest BCUT2D eigenvalue weighted by Crippen LogP contribution is 2.38. The number of carbonyl (C=O) groups excluding carboxylic acids is 1. The van der Waals surface area contributed by atoms with E-state index in [0.29, 0.717) is 12.3 Å². The predicted octanol–water partition coefficient (Wildman–Crippen LogP) is 2.18. The molecular weight excluding hydrogens is 252 g/mol. The molecule has 2 fully saturated rings. The first-order valence-electron chi connectivity index (χ1n) is 8.12. The van der Waals surface area contributed by atoms with Gasteiger partial charge >= 0.3 is 0 Å². The van der Waals surface area contributed by atoms with Crippen LogP contribution in [0.1, 0.15) is 52.4 Å². The van der Waals surface area contributed by atoms with E-state index >= 15 is 0 Å². The first-order chi connectivity index (χ1) is 9.56. The quantitative estimate of drug-likeness (QED) is 0.812. The van der Waals surface area contributed by atoms with Gasteiger partial charge in [0, 0.05) is 19.7 Å². The summed E-state index contributed by atoms with van der Waals surface area (Å²) in [5.41, 5.74) is -0.154. The molecule has 0 aromatic heterocycles. The topological polar surface area (TPSA) is 41.6 Å². The molecule has 0 bridgehead atoms. The highest BCUT2D eigenvalue weighted by molar-refractivity contribution is 5.77. The minimum atomic E-state index is -0.154. The molecule has 0 aromatic carbocycles. The highest BCUT2D eigenvalue weighted by atomic mass is 16.5. The fraction of sp³-hybridized carbons (Fsp3) is 0.938. The molecular formula is C16H30N2O2. The second-order valence-corrected chi connectivity index (χ2v) is 6.75. The molecule has 4 nitrogen and oxygen atoms in total. The van der Waals surface area contributed by atoms with Crippen LogP contribution >= 0.6 is 0 Å². The molecule has 1 heterocycles. The summed E-state index contributed by atoms with van der Waals surface area (Å²) < 4.78 is 5.61. The lowest BCUT2D eigenvalue weighted by atomic mass is 9.77. The summed E-state index contributed by atoms with van der Waals surface area (Å²) in [6.07, 6.45) is 6.20. The van der Waals surface area contributed by atoms with Gasteiger partial charge in [0.25, 0.3) is 0 Å². The molecule has 1 saturated carbocycles.